The molecule has 2 fully saturated rings. The summed E-state index contributed by atoms with van der Waals surface area (Å²) in [4.78, 5) is 10.8. The van der Waals surface area contributed by atoms with Gasteiger partial charge in [-0.25, -0.2) is 0 Å². The quantitative estimate of drug-likeness (QED) is 0.662. The number of hydrogen-bond acceptors (Lipinski definition) is 2. The third kappa shape index (κ3) is 1.46. The van der Waals surface area contributed by atoms with Crippen LogP contribution in [0.15, 0.2) is 0 Å². The summed E-state index contributed by atoms with van der Waals surface area (Å²) in [5.41, 5.74) is 11.1. The number of hydrogen-bond donors (Lipinski definition) is 2. The molecule has 0 aromatic carbocycles. The maximum Gasteiger partial charge on any atom is 0.219 e. The minimum atomic E-state index is -0.244. The van der Waals surface area contributed by atoms with Gasteiger partial charge in [-0.15, -0.1) is 0 Å². The third-order valence-corrected chi connectivity index (χ3v) is 3.79. The van der Waals surface area contributed by atoms with Crippen LogP contribution in [-0.4, -0.2) is 11.4 Å². The molecule has 0 aromatic rings. The second kappa shape index (κ2) is 2.98. The molecule has 0 bridgehead atoms. The van der Waals surface area contributed by atoms with Gasteiger partial charge in [0.15, 0.2) is 0 Å². The van der Waals surface area contributed by atoms with Crippen LogP contribution in [-0.2, 0) is 4.79 Å². The summed E-state index contributed by atoms with van der Waals surface area (Å²) < 4.78 is 0. The fourth-order valence-electron chi connectivity index (χ4n) is 3.22. The van der Waals surface area contributed by atoms with E-state index >= 15 is 0 Å². The minimum absolute atomic E-state index is 0.239. The molecule has 13 heavy (non-hydrogen) atoms. The Labute approximate surface area is 78.9 Å². The van der Waals surface area contributed by atoms with Crippen LogP contribution in [0.1, 0.15) is 38.5 Å². The van der Waals surface area contributed by atoms with Gasteiger partial charge in [0.1, 0.15) is 0 Å². The Hall–Kier alpha value is -0.570. The van der Waals surface area contributed by atoms with E-state index in [1.807, 2.05) is 0 Å². The summed E-state index contributed by atoms with van der Waals surface area (Å²) in [5.74, 6) is 1.12. The summed E-state index contributed by atoms with van der Waals surface area (Å²) in [7, 11) is 0. The highest BCUT2D eigenvalue weighted by Gasteiger charge is 2.51. The largest absolute Gasteiger partial charge is 0.370 e. The third-order valence-electron chi connectivity index (χ3n) is 3.79. The SMILES string of the molecule is NC(=O)CC1(N)C[C@@H]2CCCC[C@@H]21. The lowest BCUT2D eigenvalue weighted by Gasteiger charge is -2.55. The van der Waals surface area contributed by atoms with Gasteiger partial charge in [0.05, 0.1) is 0 Å². The van der Waals surface area contributed by atoms with Crippen molar-refractivity contribution in [3.05, 3.63) is 0 Å². The standard InChI is InChI=1S/C10H18N2O/c11-9(13)6-10(12)5-7-3-1-2-4-8(7)10/h7-8H,1-6,12H2,(H2,11,13)/t7-,8-,10?/m0/s1. The number of nitrogens with two attached hydrogens (primary N) is 2. The Morgan fingerprint density at radius 2 is 2.08 bits per heavy atom. The van der Waals surface area contributed by atoms with E-state index in [1.165, 1.54) is 25.7 Å². The predicted octanol–water partition coefficient (Wildman–Crippen LogP) is 0.769. The predicted molar refractivity (Wildman–Crippen MR) is 50.8 cm³/mol. The van der Waals surface area contributed by atoms with Crippen molar-refractivity contribution in [3.8, 4) is 0 Å². The summed E-state index contributed by atoms with van der Waals surface area (Å²) in [5, 5.41) is 0. The van der Waals surface area contributed by atoms with Crippen LogP contribution < -0.4 is 11.5 Å². The van der Waals surface area contributed by atoms with Crippen LogP contribution in [0.25, 0.3) is 0 Å². The molecule has 1 unspecified atom stereocenters. The first-order valence-corrected chi connectivity index (χ1v) is 5.19. The molecule has 1 amide bonds. The molecule has 2 aliphatic rings. The van der Waals surface area contributed by atoms with Gasteiger partial charge in [0, 0.05) is 12.0 Å². The number of amides is 1. The topological polar surface area (TPSA) is 69.1 Å². The van der Waals surface area contributed by atoms with E-state index in [4.69, 9.17) is 11.5 Å². The van der Waals surface area contributed by atoms with Crippen molar-refractivity contribution in [1.82, 2.24) is 0 Å². The van der Waals surface area contributed by atoms with Crippen molar-refractivity contribution in [2.24, 2.45) is 23.3 Å². The molecule has 2 aliphatic carbocycles. The molecule has 3 nitrogen and oxygen atoms in total. The molecule has 3 heteroatoms. The Kier molecular flexibility index (Phi) is 2.06. The van der Waals surface area contributed by atoms with Crippen molar-refractivity contribution >= 4 is 5.91 Å². The Morgan fingerprint density at radius 3 is 2.69 bits per heavy atom. The molecule has 4 N–H and O–H groups in total. The molecule has 2 rings (SSSR count). The normalized spacial score (nSPS) is 43.5. The Balaban J connectivity index is 1.98. The number of fused-ring (bicyclic) bond motifs is 1. The molecular weight excluding hydrogens is 164 g/mol. The van der Waals surface area contributed by atoms with Crippen molar-refractivity contribution in [1.29, 1.82) is 0 Å². The Morgan fingerprint density at radius 1 is 1.38 bits per heavy atom. The lowest BCUT2D eigenvalue weighted by atomic mass is 9.53. The second-order valence-corrected chi connectivity index (χ2v) is 4.73. The average Bonchev–Trinajstić information content (AvgIpc) is 2.02. The molecular formula is C10H18N2O. The first-order chi connectivity index (χ1) is 6.12. The molecule has 0 aliphatic heterocycles. The van der Waals surface area contributed by atoms with Crippen LogP contribution in [0.2, 0.25) is 0 Å². The van der Waals surface area contributed by atoms with Gasteiger partial charge in [-0.05, 0) is 24.7 Å². The molecule has 0 spiro atoms. The van der Waals surface area contributed by atoms with Gasteiger partial charge in [-0.1, -0.05) is 19.3 Å². The van der Waals surface area contributed by atoms with E-state index in [-0.39, 0.29) is 11.4 Å². The van der Waals surface area contributed by atoms with Gasteiger partial charge in [0.2, 0.25) is 5.91 Å². The number of rotatable bonds is 2. The van der Waals surface area contributed by atoms with Crippen molar-refractivity contribution in [2.45, 2.75) is 44.1 Å². The number of primary amides is 1. The summed E-state index contributed by atoms with van der Waals surface area (Å²) >= 11 is 0. The van der Waals surface area contributed by atoms with Gasteiger partial charge in [-0.2, -0.15) is 0 Å². The first kappa shape index (κ1) is 9.00. The number of carbonyl (C=O) groups excluding carboxylic acids is 1. The van der Waals surface area contributed by atoms with Crippen LogP contribution in [0.5, 0.6) is 0 Å². The molecule has 0 saturated heterocycles. The first-order valence-electron chi connectivity index (χ1n) is 5.19. The highest BCUT2D eigenvalue weighted by atomic mass is 16.1. The van der Waals surface area contributed by atoms with Gasteiger partial charge in [0.25, 0.3) is 0 Å². The minimum Gasteiger partial charge on any atom is -0.370 e. The van der Waals surface area contributed by atoms with Crippen molar-refractivity contribution in [3.63, 3.8) is 0 Å². The van der Waals surface area contributed by atoms with Crippen LogP contribution in [0.3, 0.4) is 0 Å². The van der Waals surface area contributed by atoms with E-state index in [9.17, 15) is 4.79 Å². The lowest BCUT2D eigenvalue weighted by Crippen LogP contribution is -2.62. The van der Waals surface area contributed by atoms with E-state index in [1.54, 1.807) is 0 Å². The summed E-state index contributed by atoms with van der Waals surface area (Å²) in [6, 6.07) is 0. The maximum absolute atomic E-state index is 10.8. The zero-order valence-corrected chi connectivity index (χ0v) is 7.96. The Bertz CT molecular complexity index is 229. The average molecular weight is 182 g/mol. The van der Waals surface area contributed by atoms with Crippen LogP contribution in [0.4, 0.5) is 0 Å². The van der Waals surface area contributed by atoms with Crippen molar-refractivity contribution in [2.75, 3.05) is 0 Å². The number of carbonyl (C=O) groups is 1. The van der Waals surface area contributed by atoms with Gasteiger partial charge in [-0.3, -0.25) is 4.79 Å². The maximum atomic E-state index is 10.8. The summed E-state index contributed by atoms with van der Waals surface area (Å²) in [6.07, 6.45) is 6.53. The van der Waals surface area contributed by atoms with E-state index in [0.29, 0.717) is 12.3 Å². The highest BCUT2D eigenvalue weighted by Crippen LogP contribution is 2.51. The molecule has 0 radical (unpaired) electrons. The molecule has 0 aromatic heterocycles. The zero-order valence-electron chi connectivity index (χ0n) is 7.96. The van der Waals surface area contributed by atoms with Crippen LogP contribution in [0, 0.1) is 11.8 Å². The summed E-state index contributed by atoms with van der Waals surface area (Å²) in [6.45, 7) is 0. The lowest BCUT2D eigenvalue weighted by molar-refractivity contribution is -0.122. The molecule has 2 saturated carbocycles. The van der Waals surface area contributed by atoms with E-state index < -0.39 is 0 Å². The van der Waals surface area contributed by atoms with Gasteiger partial charge < -0.3 is 11.5 Å². The monoisotopic (exact) mass is 182 g/mol. The van der Waals surface area contributed by atoms with E-state index in [2.05, 4.69) is 0 Å². The van der Waals surface area contributed by atoms with Crippen molar-refractivity contribution < 1.29 is 4.79 Å². The molecule has 3 atom stereocenters. The highest BCUT2D eigenvalue weighted by molar-refractivity contribution is 5.75. The van der Waals surface area contributed by atoms with Crippen LogP contribution >= 0.6 is 0 Å². The fourth-order valence-corrected chi connectivity index (χ4v) is 3.22. The molecule has 0 heterocycles. The smallest absolute Gasteiger partial charge is 0.219 e. The fraction of sp³-hybridized carbons (Fsp3) is 0.900. The second-order valence-electron chi connectivity index (χ2n) is 4.73. The zero-order chi connectivity index (χ0) is 9.47. The van der Waals surface area contributed by atoms with E-state index in [0.717, 1.165) is 12.3 Å². The van der Waals surface area contributed by atoms with Gasteiger partial charge >= 0.3 is 0 Å². The molecule has 74 valence electrons.